The van der Waals surface area contributed by atoms with Gasteiger partial charge in [0.15, 0.2) is 6.61 Å². The van der Waals surface area contributed by atoms with E-state index in [0.29, 0.717) is 11.1 Å². The molecule has 0 saturated carbocycles. The SMILES string of the molecule is CC(C)NS(=O)(=O)Cc1ccccc1CNC(=O)COc1ccccc1C(F)(F)F. The van der Waals surface area contributed by atoms with Crippen molar-refractivity contribution in [1.29, 1.82) is 0 Å². The molecular formula is C20H23F3N2O4S. The molecule has 0 atom stereocenters. The van der Waals surface area contributed by atoms with E-state index in [0.717, 1.165) is 12.1 Å². The van der Waals surface area contributed by atoms with Crippen molar-refractivity contribution in [3.05, 3.63) is 65.2 Å². The van der Waals surface area contributed by atoms with Gasteiger partial charge in [-0.25, -0.2) is 13.1 Å². The van der Waals surface area contributed by atoms with Gasteiger partial charge in [-0.1, -0.05) is 36.4 Å². The Kier molecular flexibility index (Phi) is 7.85. The van der Waals surface area contributed by atoms with Crippen LogP contribution in [-0.4, -0.2) is 27.0 Å². The third-order valence-electron chi connectivity index (χ3n) is 3.91. The third-order valence-corrected chi connectivity index (χ3v) is 5.43. The highest BCUT2D eigenvalue weighted by molar-refractivity contribution is 7.88. The topological polar surface area (TPSA) is 84.5 Å². The van der Waals surface area contributed by atoms with Crippen LogP contribution in [0.25, 0.3) is 0 Å². The van der Waals surface area contributed by atoms with E-state index in [4.69, 9.17) is 4.74 Å². The van der Waals surface area contributed by atoms with Crippen LogP contribution in [0.2, 0.25) is 0 Å². The first-order valence-electron chi connectivity index (χ1n) is 9.10. The fourth-order valence-electron chi connectivity index (χ4n) is 2.69. The number of alkyl halides is 3. The lowest BCUT2D eigenvalue weighted by molar-refractivity contribution is -0.139. The van der Waals surface area contributed by atoms with Gasteiger partial charge in [0, 0.05) is 12.6 Å². The molecule has 2 aromatic carbocycles. The molecule has 0 unspecified atom stereocenters. The summed E-state index contributed by atoms with van der Waals surface area (Å²) < 4.78 is 70.7. The predicted molar refractivity (Wildman–Crippen MR) is 106 cm³/mol. The van der Waals surface area contributed by atoms with Crippen molar-refractivity contribution < 1.29 is 31.1 Å². The predicted octanol–water partition coefficient (Wildman–Crippen LogP) is 3.23. The van der Waals surface area contributed by atoms with Crippen LogP contribution in [0.15, 0.2) is 48.5 Å². The molecule has 164 valence electrons. The summed E-state index contributed by atoms with van der Waals surface area (Å²) in [6.07, 6.45) is -4.60. The van der Waals surface area contributed by atoms with Crippen LogP contribution in [0.3, 0.4) is 0 Å². The van der Waals surface area contributed by atoms with Gasteiger partial charge in [-0.15, -0.1) is 0 Å². The van der Waals surface area contributed by atoms with E-state index >= 15 is 0 Å². The number of amides is 1. The van der Waals surface area contributed by atoms with Crippen molar-refractivity contribution in [2.75, 3.05) is 6.61 Å². The number of para-hydroxylation sites is 1. The van der Waals surface area contributed by atoms with Gasteiger partial charge >= 0.3 is 6.18 Å². The maximum absolute atomic E-state index is 13.0. The lowest BCUT2D eigenvalue weighted by Crippen LogP contribution is -2.32. The zero-order chi connectivity index (χ0) is 22.4. The quantitative estimate of drug-likeness (QED) is 0.622. The Labute approximate surface area is 173 Å². The molecule has 0 fully saturated rings. The maximum Gasteiger partial charge on any atom is 0.419 e. The Morgan fingerprint density at radius 2 is 1.63 bits per heavy atom. The average Bonchev–Trinajstić information content (AvgIpc) is 2.63. The Balaban J connectivity index is 1.98. The standard InChI is InChI=1S/C20H23F3N2O4S/c1-14(2)25-30(27,28)13-16-8-4-3-7-15(16)11-24-19(26)12-29-18-10-6-5-9-17(18)20(21,22)23/h3-10,14,25H,11-13H2,1-2H3,(H,24,26). The van der Waals surface area contributed by atoms with Crippen LogP contribution in [-0.2, 0) is 33.3 Å². The van der Waals surface area contributed by atoms with Gasteiger partial charge in [-0.3, -0.25) is 4.79 Å². The largest absolute Gasteiger partial charge is 0.483 e. The van der Waals surface area contributed by atoms with Gasteiger partial charge < -0.3 is 10.1 Å². The summed E-state index contributed by atoms with van der Waals surface area (Å²) in [6.45, 7) is 2.82. The van der Waals surface area contributed by atoms with E-state index < -0.39 is 40.0 Å². The first-order valence-corrected chi connectivity index (χ1v) is 10.8. The number of hydrogen-bond donors (Lipinski definition) is 2. The molecule has 0 saturated heterocycles. The Morgan fingerprint density at radius 1 is 1.03 bits per heavy atom. The first kappa shape index (κ1) is 23.7. The molecule has 0 bridgehead atoms. The van der Waals surface area contributed by atoms with Crippen LogP contribution in [0.5, 0.6) is 5.75 Å². The number of rotatable bonds is 9. The van der Waals surface area contributed by atoms with E-state index in [-0.39, 0.29) is 18.3 Å². The molecular weight excluding hydrogens is 421 g/mol. The number of hydrogen-bond acceptors (Lipinski definition) is 4. The Morgan fingerprint density at radius 3 is 2.27 bits per heavy atom. The molecule has 6 nitrogen and oxygen atoms in total. The van der Waals surface area contributed by atoms with Gasteiger partial charge in [-0.2, -0.15) is 13.2 Å². The summed E-state index contributed by atoms with van der Waals surface area (Å²) in [5, 5.41) is 2.53. The van der Waals surface area contributed by atoms with E-state index in [1.165, 1.54) is 12.1 Å². The van der Waals surface area contributed by atoms with Gasteiger partial charge in [0.25, 0.3) is 5.91 Å². The molecule has 0 spiro atoms. The van der Waals surface area contributed by atoms with Crippen LogP contribution >= 0.6 is 0 Å². The maximum atomic E-state index is 13.0. The smallest absolute Gasteiger partial charge is 0.419 e. The van der Waals surface area contributed by atoms with Crippen LogP contribution in [0.4, 0.5) is 13.2 Å². The lowest BCUT2D eigenvalue weighted by Gasteiger charge is -2.15. The highest BCUT2D eigenvalue weighted by Crippen LogP contribution is 2.35. The number of carbonyl (C=O) groups is 1. The van der Waals surface area contributed by atoms with Crippen molar-refractivity contribution in [3.8, 4) is 5.75 Å². The summed E-state index contributed by atoms with van der Waals surface area (Å²) >= 11 is 0. The van der Waals surface area contributed by atoms with Crippen molar-refractivity contribution in [3.63, 3.8) is 0 Å². The molecule has 2 N–H and O–H groups in total. The summed E-state index contributed by atoms with van der Waals surface area (Å²) in [5.74, 6) is -1.33. The number of sulfonamides is 1. The molecule has 0 aliphatic heterocycles. The van der Waals surface area contributed by atoms with Crippen molar-refractivity contribution in [1.82, 2.24) is 10.0 Å². The second-order valence-corrected chi connectivity index (χ2v) is 8.61. The van der Waals surface area contributed by atoms with Gasteiger partial charge in [0.2, 0.25) is 10.0 Å². The van der Waals surface area contributed by atoms with Crippen molar-refractivity contribution >= 4 is 15.9 Å². The molecule has 0 aliphatic carbocycles. The molecule has 10 heteroatoms. The van der Waals surface area contributed by atoms with E-state index in [2.05, 4.69) is 10.0 Å². The number of carbonyl (C=O) groups excluding carboxylic acids is 1. The highest BCUT2D eigenvalue weighted by Gasteiger charge is 2.34. The van der Waals surface area contributed by atoms with Crippen molar-refractivity contribution in [2.45, 2.75) is 38.4 Å². The minimum Gasteiger partial charge on any atom is -0.483 e. The molecule has 0 aliphatic rings. The number of ether oxygens (including phenoxy) is 1. The van der Waals surface area contributed by atoms with Crippen molar-refractivity contribution in [2.24, 2.45) is 0 Å². The van der Waals surface area contributed by atoms with Gasteiger partial charge in [0.05, 0.1) is 11.3 Å². The minimum atomic E-state index is -4.60. The van der Waals surface area contributed by atoms with E-state index in [9.17, 15) is 26.4 Å². The normalized spacial score (nSPS) is 12.1. The minimum absolute atomic E-state index is 0.0104. The second kappa shape index (κ2) is 9.94. The molecule has 0 aromatic heterocycles. The molecule has 2 aromatic rings. The molecule has 2 rings (SSSR count). The zero-order valence-corrected chi connectivity index (χ0v) is 17.3. The summed E-state index contributed by atoms with van der Waals surface area (Å²) in [4.78, 5) is 12.0. The number of nitrogens with one attached hydrogen (secondary N) is 2. The summed E-state index contributed by atoms with van der Waals surface area (Å²) in [6, 6.07) is 11.1. The second-order valence-electron chi connectivity index (χ2n) is 6.86. The molecule has 30 heavy (non-hydrogen) atoms. The van der Waals surface area contributed by atoms with Crippen LogP contribution in [0, 0.1) is 0 Å². The highest BCUT2D eigenvalue weighted by atomic mass is 32.2. The Bertz CT molecular complexity index is 976. The lowest BCUT2D eigenvalue weighted by atomic mass is 10.1. The van der Waals surface area contributed by atoms with E-state index in [1.807, 2.05) is 0 Å². The molecule has 0 radical (unpaired) electrons. The fraction of sp³-hybridized carbons (Fsp3) is 0.350. The van der Waals surface area contributed by atoms with Crippen LogP contribution < -0.4 is 14.8 Å². The average molecular weight is 444 g/mol. The first-order chi connectivity index (χ1) is 14.0. The summed E-state index contributed by atoms with van der Waals surface area (Å²) in [7, 11) is -3.55. The van der Waals surface area contributed by atoms with Crippen LogP contribution in [0.1, 0.15) is 30.5 Å². The zero-order valence-electron chi connectivity index (χ0n) is 16.5. The molecule has 0 heterocycles. The molecule has 1 amide bonds. The monoisotopic (exact) mass is 444 g/mol. The van der Waals surface area contributed by atoms with Gasteiger partial charge in [-0.05, 0) is 37.1 Å². The van der Waals surface area contributed by atoms with Gasteiger partial charge in [0.1, 0.15) is 5.75 Å². The summed E-state index contributed by atoms with van der Waals surface area (Å²) in [5.41, 5.74) is 0.121. The fourth-order valence-corrected chi connectivity index (χ4v) is 4.18. The van der Waals surface area contributed by atoms with E-state index in [1.54, 1.807) is 38.1 Å². The number of benzene rings is 2. The Hall–Kier alpha value is -2.59. The number of halogens is 3. The third kappa shape index (κ3) is 7.34.